The molecule has 0 aromatic heterocycles. The van der Waals surface area contributed by atoms with E-state index in [0.29, 0.717) is 19.7 Å². The first-order chi connectivity index (χ1) is 10.4. The van der Waals surface area contributed by atoms with Crippen LogP contribution in [-0.2, 0) is 9.47 Å². The minimum Gasteiger partial charge on any atom is -0.444 e. The molecule has 0 aromatic carbocycles. The zero-order valence-corrected chi connectivity index (χ0v) is 15.2. The van der Waals surface area contributed by atoms with E-state index < -0.39 is 5.60 Å². The van der Waals surface area contributed by atoms with Gasteiger partial charge in [-0.25, -0.2) is 4.79 Å². The molecular formula is C17H36N2O3. The summed E-state index contributed by atoms with van der Waals surface area (Å²) in [6.45, 7) is 11.4. The molecule has 0 atom stereocenters. The van der Waals surface area contributed by atoms with Crippen LogP contribution in [0.25, 0.3) is 0 Å². The van der Waals surface area contributed by atoms with Gasteiger partial charge in [-0.2, -0.15) is 0 Å². The van der Waals surface area contributed by atoms with E-state index in [1.807, 2.05) is 20.8 Å². The Morgan fingerprint density at radius 3 is 2.32 bits per heavy atom. The van der Waals surface area contributed by atoms with Crippen LogP contribution >= 0.6 is 0 Å². The summed E-state index contributed by atoms with van der Waals surface area (Å²) < 4.78 is 10.5. The number of hydrogen-bond acceptors (Lipinski definition) is 4. The molecule has 0 aliphatic rings. The van der Waals surface area contributed by atoms with Crippen LogP contribution in [0, 0.1) is 0 Å². The number of carbonyl (C=O) groups excluding carboxylic acids is 1. The van der Waals surface area contributed by atoms with Crippen molar-refractivity contribution in [1.29, 1.82) is 0 Å². The van der Waals surface area contributed by atoms with Crippen LogP contribution in [-0.4, -0.2) is 56.5 Å². The smallest absolute Gasteiger partial charge is 0.410 e. The van der Waals surface area contributed by atoms with Gasteiger partial charge in [-0.05, 0) is 33.7 Å². The molecule has 5 nitrogen and oxygen atoms in total. The molecule has 0 saturated heterocycles. The molecule has 5 heteroatoms. The molecule has 0 aliphatic carbocycles. The lowest BCUT2D eigenvalue weighted by molar-refractivity contribution is 0.0204. The normalized spacial score (nSPS) is 11.5. The van der Waals surface area contributed by atoms with Gasteiger partial charge in [0, 0.05) is 26.7 Å². The fourth-order valence-electron chi connectivity index (χ4n) is 2.01. The molecule has 0 aliphatic heterocycles. The first kappa shape index (κ1) is 21.2. The molecule has 22 heavy (non-hydrogen) atoms. The SMILES string of the molecule is CCCCCCCNCCN(CCOC)C(=O)OC(C)(C)C. The van der Waals surface area contributed by atoms with E-state index in [9.17, 15) is 4.79 Å². The average Bonchev–Trinajstić information content (AvgIpc) is 2.43. The molecule has 1 N–H and O–H groups in total. The predicted octanol–water partition coefficient (Wildman–Crippen LogP) is 3.43. The van der Waals surface area contributed by atoms with E-state index in [1.165, 1.54) is 32.1 Å². The summed E-state index contributed by atoms with van der Waals surface area (Å²) in [6, 6.07) is 0. The number of carbonyl (C=O) groups is 1. The van der Waals surface area contributed by atoms with Gasteiger partial charge in [0.2, 0.25) is 0 Å². The highest BCUT2D eigenvalue weighted by Gasteiger charge is 2.21. The molecular weight excluding hydrogens is 280 g/mol. The summed E-state index contributed by atoms with van der Waals surface area (Å²) in [5.41, 5.74) is -0.463. The molecule has 0 bridgehead atoms. The van der Waals surface area contributed by atoms with Gasteiger partial charge >= 0.3 is 6.09 Å². The van der Waals surface area contributed by atoms with Crippen molar-refractivity contribution in [2.45, 2.75) is 65.4 Å². The Hall–Kier alpha value is -0.810. The number of rotatable bonds is 12. The van der Waals surface area contributed by atoms with Crippen LogP contribution in [0.4, 0.5) is 4.79 Å². The van der Waals surface area contributed by atoms with Gasteiger partial charge in [-0.15, -0.1) is 0 Å². The van der Waals surface area contributed by atoms with Gasteiger partial charge in [0.25, 0.3) is 0 Å². The fourth-order valence-corrected chi connectivity index (χ4v) is 2.01. The zero-order valence-electron chi connectivity index (χ0n) is 15.2. The van der Waals surface area contributed by atoms with Gasteiger partial charge in [-0.3, -0.25) is 0 Å². The molecule has 0 fully saturated rings. The Labute approximate surface area is 136 Å². The minimum atomic E-state index is -0.463. The Kier molecular flexibility index (Phi) is 12.2. The van der Waals surface area contributed by atoms with E-state index in [-0.39, 0.29) is 6.09 Å². The summed E-state index contributed by atoms with van der Waals surface area (Å²) in [4.78, 5) is 13.8. The standard InChI is InChI=1S/C17H36N2O3/c1-6-7-8-9-10-11-18-12-13-19(14-15-21-5)16(20)22-17(2,3)4/h18H,6-15H2,1-5H3. The van der Waals surface area contributed by atoms with Gasteiger partial charge in [0.1, 0.15) is 5.60 Å². The highest BCUT2D eigenvalue weighted by molar-refractivity contribution is 5.68. The monoisotopic (exact) mass is 316 g/mol. The Bertz CT molecular complexity index is 278. The third kappa shape index (κ3) is 12.9. The highest BCUT2D eigenvalue weighted by Crippen LogP contribution is 2.09. The Morgan fingerprint density at radius 1 is 1.05 bits per heavy atom. The predicted molar refractivity (Wildman–Crippen MR) is 91.3 cm³/mol. The van der Waals surface area contributed by atoms with Crippen molar-refractivity contribution in [2.75, 3.05) is 39.9 Å². The van der Waals surface area contributed by atoms with Gasteiger partial charge in [-0.1, -0.05) is 32.6 Å². The van der Waals surface area contributed by atoms with E-state index >= 15 is 0 Å². The third-order valence-corrected chi connectivity index (χ3v) is 3.23. The van der Waals surface area contributed by atoms with Crippen LogP contribution in [0.1, 0.15) is 59.8 Å². The second-order valence-electron chi connectivity index (χ2n) is 6.62. The van der Waals surface area contributed by atoms with Crippen molar-refractivity contribution in [2.24, 2.45) is 0 Å². The van der Waals surface area contributed by atoms with Crippen molar-refractivity contribution in [3.8, 4) is 0 Å². The van der Waals surface area contributed by atoms with Crippen LogP contribution in [0.5, 0.6) is 0 Å². The number of amides is 1. The highest BCUT2D eigenvalue weighted by atomic mass is 16.6. The maximum absolute atomic E-state index is 12.1. The topological polar surface area (TPSA) is 50.8 Å². The van der Waals surface area contributed by atoms with Crippen LogP contribution in [0.15, 0.2) is 0 Å². The van der Waals surface area contributed by atoms with Crippen molar-refractivity contribution in [1.82, 2.24) is 10.2 Å². The van der Waals surface area contributed by atoms with Gasteiger partial charge < -0.3 is 19.7 Å². The van der Waals surface area contributed by atoms with E-state index in [4.69, 9.17) is 9.47 Å². The van der Waals surface area contributed by atoms with Crippen LogP contribution < -0.4 is 5.32 Å². The molecule has 0 saturated carbocycles. The summed E-state index contributed by atoms with van der Waals surface area (Å²) in [6.07, 6.45) is 6.12. The molecule has 0 heterocycles. The average molecular weight is 316 g/mol. The second kappa shape index (κ2) is 12.7. The number of methoxy groups -OCH3 is 1. The van der Waals surface area contributed by atoms with E-state index in [1.54, 1.807) is 12.0 Å². The molecule has 0 unspecified atom stereocenters. The number of ether oxygens (including phenoxy) is 2. The first-order valence-electron chi connectivity index (χ1n) is 8.58. The summed E-state index contributed by atoms with van der Waals surface area (Å²) in [7, 11) is 1.64. The quantitative estimate of drug-likeness (QED) is 0.560. The number of nitrogens with zero attached hydrogens (tertiary/aromatic N) is 1. The van der Waals surface area contributed by atoms with Gasteiger partial charge in [0.05, 0.1) is 6.61 Å². The largest absolute Gasteiger partial charge is 0.444 e. The fraction of sp³-hybridized carbons (Fsp3) is 0.941. The maximum atomic E-state index is 12.1. The second-order valence-corrected chi connectivity index (χ2v) is 6.62. The van der Waals surface area contributed by atoms with Crippen molar-refractivity contribution < 1.29 is 14.3 Å². The summed E-state index contributed by atoms with van der Waals surface area (Å²) in [5, 5.41) is 3.40. The third-order valence-electron chi connectivity index (χ3n) is 3.23. The van der Waals surface area contributed by atoms with E-state index in [2.05, 4.69) is 12.2 Å². The Morgan fingerprint density at radius 2 is 1.73 bits per heavy atom. The molecule has 0 spiro atoms. The molecule has 132 valence electrons. The van der Waals surface area contributed by atoms with Crippen LogP contribution in [0.3, 0.4) is 0 Å². The lowest BCUT2D eigenvalue weighted by Crippen LogP contribution is -2.42. The lowest BCUT2D eigenvalue weighted by Gasteiger charge is -2.27. The summed E-state index contributed by atoms with van der Waals surface area (Å²) in [5.74, 6) is 0. The van der Waals surface area contributed by atoms with Crippen LogP contribution in [0.2, 0.25) is 0 Å². The first-order valence-corrected chi connectivity index (χ1v) is 8.58. The van der Waals surface area contributed by atoms with Crippen molar-refractivity contribution >= 4 is 6.09 Å². The zero-order chi connectivity index (χ0) is 16.8. The molecule has 0 rings (SSSR count). The van der Waals surface area contributed by atoms with Crippen molar-refractivity contribution in [3.05, 3.63) is 0 Å². The summed E-state index contributed by atoms with van der Waals surface area (Å²) >= 11 is 0. The lowest BCUT2D eigenvalue weighted by atomic mass is 10.1. The Balaban J connectivity index is 3.92. The van der Waals surface area contributed by atoms with Crippen molar-refractivity contribution in [3.63, 3.8) is 0 Å². The molecule has 0 radical (unpaired) electrons. The maximum Gasteiger partial charge on any atom is 0.410 e. The molecule has 1 amide bonds. The van der Waals surface area contributed by atoms with Gasteiger partial charge in [0.15, 0.2) is 0 Å². The molecule has 0 aromatic rings. The number of hydrogen-bond donors (Lipinski definition) is 1. The number of unbranched alkanes of at least 4 members (excludes halogenated alkanes) is 4. The number of nitrogens with one attached hydrogen (secondary N) is 1. The van der Waals surface area contributed by atoms with E-state index in [0.717, 1.165) is 13.1 Å². The minimum absolute atomic E-state index is 0.269.